The first-order valence-electron chi connectivity index (χ1n) is 29.9. The molecule has 10 aromatic rings. The summed E-state index contributed by atoms with van der Waals surface area (Å²) in [6.07, 6.45) is 0. The predicted molar refractivity (Wildman–Crippen MR) is 220 cm³/mol. The van der Waals surface area contributed by atoms with Gasteiger partial charge in [0.2, 0.25) is 0 Å². The van der Waals surface area contributed by atoms with E-state index in [9.17, 15) is 19.2 Å². The van der Waals surface area contributed by atoms with Crippen molar-refractivity contribution in [2.24, 2.45) is 0 Å². The number of hydrogen-bond acceptors (Lipinski definition) is 1. The Labute approximate surface area is 341 Å². The van der Waals surface area contributed by atoms with Crippen molar-refractivity contribution in [1.29, 1.82) is 0 Å². The molecule has 0 unspecified atom stereocenters. The highest BCUT2D eigenvalue weighted by molar-refractivity contribution is 6.23. The Kier molecular flexibility index (Phi) is 2.69. The summed E-state index contributed by atoms with van der Waals surface area (Å²) < 4.78 is 262. The zero-order chi connectivity index (χ0) is 58.9. The fraction of sp³-hybridized carbons (Fsp3) is 0.0588. The van der Waals surface area contributed by atoms with E-state index >= 15 is 0 Å². The summed E-state index contributed by atoms with van der Waals surface area (Å²) in [5, 5.41) is -4.44. The Hall–Kier alpha value is -6.44. The van der Waals surface area contributed by atoms with Crippen LogP contribution in [-0.4, -0.2) is 0 Å². The van der Waals surface area contributed by atoms with E-state index in [2.05, 4.69) is 0 Å². The molecule has 0 N–H and O–H groups in total. The molecule has 1 aromatic heterocycles. The van der Waals surface area contributed by atoms with E-state index in [1.54, 1.807) is 0 Å². The van der Waals surface area contributed by atoms with E-state index in [0.29, 0.717) is 0 Å². The van der Waals surface area contributed by atoms with Crippen LogP contribution in [0.5, 0.6) is 0 Å². The van der Waals surface area contributed by atoms with Crippen LogP contribution in [0.2, 0.25) is 0 Å². The van der Waals surface area contributed by atoms with Crippen LogP contribution in [0.25, 0.3) is 98.8 Å². The average molecular weight is 691 g/mol. The van der Waals surface area contributed by atoms with Gasteiger partial charge in [0.15, 0.2) is 0 Å². The van der Waals surface area contributed by atoms with E-state index < -0.39 is 257 Å². The minimum absolute atomic E-state index is 0.0778. The molecule has 0 amide bonds. The van der Waals surface area contributed by atoms with E-state index in [4.69, 9.17) is 23.6 Å². The first-order chi connectivity index (χ1) is 37.2. The van der Waals surface area contributed by atoms with Gasteiger partial charge in [0, 0.05) is 21.6 Å². The molecule has 0 bridgehead atoms. The molecule has 0 saturated carbocycles. The number of furan rings is 1. The van der Waals surface area contributed by atoms with Gasteiger partial charge in [0.25, 0.3) is 0 Å². The quantitative estimate of drug-likeness (QED) is 0.168. The second-order valence-corrected chi connectivity index (χ2v) is 12.6. The van der Waals surface area contributed by atoms with Crippen molar-refractivity contribution in [3.8, 4) is 44.5 Å². The molecule has 11 rings (SSSR count). The van der Waals surface area contributed by atoms with E-state index in [-0.39, 0.29) is 27.6 Å². The highest BCUT2D eigenvalue weighted by atomic mass is 16.3. The second kappa shape index (κ2) is 10.8. The molecule has 9 aromatic carbocycles. The second-order valence-electron chi connectivity index (χ2n) is 12.6. The highest BCUT2D eigenvalue weighted by Gasteiger charge is 2.37. The van der Waals surface area contributed by atoms with Crippen molar-refractivity contribution in [3.05, 3.63) is 180 Å². The summed E-state index contributed by atoms with van der Waals surface area (Å²) >= 11 is 0. The van der Waals surface area contributed by atoms with E-state index in [1.165, 1.54) is 13.8 Å². The van der Waals surface area contributed by atoms with Gasteiger partial charge in [-0.15, -0.1) is 0 Å². The lowest BCUT2D eigenvalue weighted by Gasteiger charge is -2.22. The Bertz CT molecular complexity index is 4600. The van der Waals surface area contributed by atoms with Crippen LogP contribution in [0.4, 0.5) is 0 Å². The summed E-state index contributed by atoms with van der Waals surface area (Å²) in [6.45, 7) is 3.02. The molecule has 0 spiro atoms. The van der Waals surface area contributed by atoms with Gasteiger partial charge in [-0.1, -0.05) is 165 Å². The SMILES string of the molecule is [2H]c1c([2H])c([2H])c2c(c1[2H])-c1c(-c3c4c([2H])c([2H])c([2H])c([2H])c4c(-c4c([2H])c([2H])c(-c5c([2H])c([2H])c6oc7c8c([2H])c([2H])c([2H])c([2H])c8c([2H])c([2H])c7c6c5[2H])c([2H])c4[2H])c4c([2H])c([2H])c([2H])c([2H])c34)c([2H])c([2H])c([2H])c1C2(C)C. The fourth-order valence-corrected chi connectivity index (χ4v) is 7.13. The Morgan fingerprint density at radius 2 is 0.981 bits per heavy atom. The van der Waals surface area contributed by atoms with Gasteiger partial charge in [-0.25, -0.2) is 0 Å². The van der Waals surface area contributed by atoms with Crippen molar-refractivity contribution in [3.63, 3.8) is 0 Å². The van der Waals surface area contributed by atoms with Crippen LogP contribution in [0.15, 0.2) is 174 Å². The number of hydrogen-bond donors (Lipinski definition) is 0. The Morgan fingerprint density at radius 1 is 0.404 bits per heavy atom. The molecule has 1 nitrogen and oxygen atoms in total. The van der Waals surface area contributed by atoms with Gasteiger partial charge in [-0.2, -0.15) is 0 Å². The van der Waals surface area contributed by atoms with Crippen LogP contribution < -0.4 is 0 Å². The van der Waals surface area contributed by atoms with Crippen molar-refractivity contribution < 1.29 is 42.8 Å². The maximum atomic E-state index is 9.72. The van der Waals surface area contributed by atoms with Gasteiger partial charge in [-0.05, 0) is 101 Å². The summed E-state index contributed by atoms with van der Waals surface area (Å²) in [6, 6.07) is -23.9. The van der Waals surface area contributed by atoms with E-state index in [0.717, 1.165) is 0 Å². The third-order valence-corrected chi connectivity index (χ3v) is 9.50. The molecular weight excluding hydrogens is 629 g/mol. The Morgan fingerprint density at radius 3 is 1.73 bits per heavy atom. The zero-order valence-corrected chi connectivity index (χ0v) is 26.9. The normalized spacial score (nSPS) is 20.9. The van der Waals surface area contributed by atoms with Crippen molar-refractivity contribution >= 4 is 54.3 Å². The standard InChI is InChI=1S/C51H34O/c1-51(2)44-20-10-9-18-41(44)49-42(19-11-21-45(49)51)48-38-16-7-5-14-36(38)47(37-15-6-8-17-39(37)48)33-24-22-31(23-25-33)34-27-29-46-43(30-34)40-28-26-32-12-3-4-13-35(32)50(40)52-46/h3-30H,1-2H3/i3D,4D,5D,6D,7D,8D,9D,10D,11D,12D,13D,14D,15D,16D,17D,18D,19D,20D,21D,22D,23D,24D,25D,26D,27D,28D,29D,30D. The monoisotopic (exact) mass is 690 g/mol. The lowest BCUT2D eigenvalue weighted by molar-refractivity contribution is 0.660. The van der Waals surface area contributed by atoms with Crippen molar-refractivity contribution in [2.75, 3.05) is 0 Å². The van der Waals surface area contributed by atoms with Crippen molar-refractivity contribution in [2.45, 2.75) is 19.3 Å². The van der Waals surface area contributed by atoms with Crippen LogP contribution in [0, 0.1) is 0 Å². The summed E-state index contributed by atoms with van der Waals surface area (Å²) in [5.74, 6) is 0. The van der Waals surface area contributed by atoms with Gasteiger partial charge < -0.3 is 4.42 Å². The van der Waals surface area contributed by atoms with Gasteiger partial charge in [0.1, 0.15) is 11.2 Å². The first kappa shape index (κ1) is 13.0. The van der Waals surface area contributed by atoms with Crippen LogP contribution in [0.1, 0.15) is 63.4 Å². The maximum absolute atomic E-state index is 9.72. The topological polar surface area (TPSA) is 13.1 Å². The van der Waals surface area contributed by atoms with Gasteiger partial charge >= 0.3 is 0 Å². The lowest BCUT2D eigenvalue weighted by atomic mass is 9.80. The summed E-state index contributed by atoms with van der Waals surface area (Å²) in [7, 11) is 0. The molecule has 1 aliphatic carbocycles. The summed E-state index contributed by atoms with van der Waals surface area (Å²) in [5.41, 5.74) is -7.63. The molecular formula is C51H34O. The zero-order valence-electron chi connectivity index (χ0n) is 54.9. The van der Waals surface area contributed by atoms with Crippen LogP contribution in [-0.2, 0) is 5.41 Å². The molecule has 0 atom stereocenters. The van der Waals surface area contributed by atoms with Crippen LogP contribution in [0.3, 0.4) is 0 Å². The lowest BCUT2D eigenvalue weighted by Crippen LogP contribution is -2.14. The molecule has 1 aliphatic rings. The molecule has 1 heterocycles. The van der Waals surface area contributed by atoms with Gasteiger partial charge in [-0.3, -0.25) is 0 Å². The third-order valence-electron chi connectivity index (χ3n) is 9.50. The molecule has 0 radical (unpaired) electrons. The van der Waals surface area contributed by atoms with Gasteiger partial charge in [0.05, 0.1) is 38.4 Å². The smallest absolute Gasteiger partial charge is 0.143 e. The van der Waals surface area contributed by atoms with E-state index in [1.807, 2.05) is 0 Å². The molecule has 0 aliphatic heterocycles. The molecule has 0 fully saturated rings. The number of rotatable bonds is 3. The fourth-order valence-electron chi connectivity index (χ4n) is 7.13. The van der Waals surface area contributed by atoms with Crippen molar-refractivity contribution in [1.82, 2.24) is 0 Å². The number of fused-ring (bicyclic) bond motifs is 10. The first-order valence-corrected chi connectivity index (χ1v) is 15.9. The molecule has 52 heavy (non-hydrogen) atoms. The molecule has 244 valence electrons. The maximum Gasteiger partial charge on any atom is 0.143 e. The summed E-state index contributed by atoms with van der Waals surface area (Å²) in [4.78, 5) is 0. The number of benzene rings is 9. The molecule has 0 saturated heterocycles. The van der Waals surface area contributed by atoms with Crippen LogP contribution >= 0.6 is 0 Å². The molecule has 1 heteroatoms. The minimum Gasteiger partial charge on any atom is -0.455 e. The minimum atomic E-state index is -1.55. The Balaban J connectivity index is 1.34. The highest BCUT2D eigenvalue weighted by Crippen LogP contribution is 2.54. The third kappa shape index (κ3) is 4.05. The largest absolute Gasteiger partial charge is 0.455 e. The average Bonchev–Trinajstić information content (AvgIpc) is 3.93. The predicted octanol–water partition coefficient (Wildman–Crippen LogP) is 14.4.